The zero-order valence-corrected chi connectivity index (χ0v) is 11.2. The van der Waals surface area contributed by atoms with Gasteiger partial charge in [0.15, 0.2) is 11.5 Å². The number of halogens is 1. The van der Waals surface area contributed by atoms with Crippen LogP contribution in [0.15, 0.2) is 48.5 Å². The molecule has 108 valence electrons. The van der Waals surface area contributed by atoms with E-state index >= 15 is 0 Å². The number of rotatable bonds is 3. The zero-order valence-electron chi connectivity index (χ0n) is 11.2. The van der Waals surface area contributed by atoms with Crippen LogP contribution in [0.25, 0.3) is 0 Å². The van der Waals surface area contributed by atoms with Gasteiger partial charge in [-0.15, -0.1) is 0 Å². The number of hydrogen-bond acceptors (Lipinski definition) is 3. The Bertz CT molecular complexity index is 659. The maximum atomic E-state index is 13.5. The molecule has 1 atom stereocenters. The van der Waals surface area contributed by atoms with E-state index in [9.17, 15) is 9.18 Å². The molecule has 2 aromatic rings. The maximum Gasteiger partial charge on any atom is 0.264 e. The van der Waals surface area contributed by atoms with Crippen LogP contribution in [-0.2, 0) is 11.3 Å². The number of fused-ring (bicyclic) bond motifs is 1. The van der Waals surface area contributed by atoms with Crippen molar-refractivity contribution in [1.82, 2.24) is 5.32 Å². The molecule has 0 radical (unpaired) electrons. The molecular weight excluding hydrogens is 273 g/mol. The van der Waals surface area contributed by atoms with Crippen molar-refractivity contribution in [2.75, 3.05) is 6.61 Å². The Morgan fingerprint density at radius 3 is 2.67 bits per heavy atom. The second-order valence-corrected chi connectivity index (χ2v) is 4.67. The van der Waals surface area contributed by atoms with Gasteiger partial charge < -0.3 is 14.8 Å². The minimum atomic E-state index is -0.730. The van der Waals surface area contributed by atoms with Gasteiger partial charge in [-0.3, -0.25) is 4.79 Å². The van der Waals surface area contributed by atoms with Crippen LogP contribution in [0, 0.1) is 5.82 Å². The highest BCUT2D eigenvalue weighted by atomic mass is 19.1. The fraction of sp³-hybridized carbons (Fsp3) is 0.188. The van der Waals surface area contributed by atoms with Crippen molar-refractivity contribution in [2.24, 2.45) is 0 Å². The average molecular weight is 287 g/mol. The van der Waals surface area contributed by atoms with E-state index in [0.717, 1.165) is 0 Å². The van der Waals surface area contributed by atoms with Crippen molar-refractivity contribution >= 4 is 5.91 Å². The van der Waals surface area contributed by atoms with Crippen LogP contribution in [0.1, 0.15) is 5.56 Å². The topological polar surface area (TPSA) is 47.6 Å². The van der Waals surface area contributed by atoms with Gasteiger partial charge in [0.05, 0.1) is 0 Å². The van der Waals surface area contributed by atoms with Gasteiger partial charge in [0.1, 0.15) is 12.4 Å². The average Bonchev–Trinajstić information content (AvgIpc) is 2.53. The van der Waals surface area contributed by atoms with E-state index in [0.29, 0.717) is 17.1 Å². The third-order valence-corrected chi connectivity index (χ3v) is 3.21. The fourth-order valence-corrected chi connectivity index (χ4v) is 2.09. The summed E-state index contributed by atoms with van der Waals surface area (Å²) in [5.41, 5.74) is 0.433. The normalized spacial score (nSPS) is 16.3. The molecule has 1 aliphatic heterocycles. The van der Waals surface area contributed by atoms with Gasteiger partial charge in [0.2, 0.25) is 6.10 Å². The molecule has 0 aliphatic carbocycles. The summed E-state index contributed by atoms with van der Waals surface area (Å²) in [7, 11) is 0. The van der Waals surface area contributed by atoms with Gasteiger partial charge in [-0.05, 0) is 18.2 Å². The number of para-hydroxylation sites is 2. The monoisotopic (exact) mass is 287 g/mol. The molecule has 0 unspecified atom stereocenters. The Kier molecular flexibility index (Phi) is 3.73. The fourth-order valence-electron chi connectivity index (χ4n) is 2.09. The molecule has 0 bridgehead atoms. The van der Waals surface area contributed by atoms with Crippen LogP contribution in [0.2, 0.25) is 0 Å². The summed E-state index contributed by atoms with van der Waals surface area (Å²) in [5, 5.41) is 2.66. The van der Waals surface area contributed by atoms with Crippen molar-refractivity contribution in [3.63, 3.8) is 0 Å². The summed E-state index contributed by atoms with van der Waals surface area (Å²) in [5.74, 6) is 0.488. The van der Waals surface area contributed by atoms with E-state index in [-0.39, 0.29) is 24.9 Å². The Morgan fingerprint density at radius 2 is 1.86 bits per heavy atom. The SMILES string of the molecule is O=C(NCc1ccccc1F)[C@H]1COc2ccccc2O1. The van der Waals surface area contributed by atoms with Crippen molar-refractivity contribution < 1.29 is 18.7 Å². The molecule has 1 N–H and O–H groups in total. The first-order valence-corrected chi connectivity index (χ1v) is 6.63. The van der Waals surface area contributed by atoms with Crippen LogP contribution < -0.4 is 14.8 Å². The van der Waals surface area contributed by atoms with Crippen molar-refractivity contribution in [2.45, 2.75) is 12.6 Å². The molecule has 3 rings (SSSR count). The minimum absolute atomic E-state index is 0.118. The summed E-state index contributed by atoms with van der Waals surface area (Å²) >= 11 is 0. The van der Waals surface area contributed by atoms with Gasteiger partial charge in [0, 0.05) is 12.1 Å². The van der Waals surface area contributed by atoms with Gasteiger partial charge in [-0.25, -0.2) is 4.39 Å². The molecule has 1 amide bonds. The largest absolute Gasteiger partial charge is 0.485 e. The van der Waals surface area contributed by atoms with Crippen molar-refractivity contribution in [3.05, 3.63) is 59.9 Å². The van der Waals surface area contributed by atoms with E-state index in [4.69, 9.17) is 9.47 Å². The van der Waals surface area contributed by atoms with Crippen LogP contribution in [0.5, 0.6) is 11.5 Å². The number of amides is 1. The van der Waals surface area contributed by atoms with E-state index in [1.165, 1.54) is 6.07 Å². The Balaban J connectivity index is 1.61. The number of nitrogens with one attached hydrogen (secondary N) is 1. The van der Waals surface area contributed by atoms with Gasteiger partial charge in [0.25, 0.3) is 5.91 Å². The lowest BCUT2D eigenvalue weighted by Crippen LogP contribution is -2.43. The predicted octanol–water partition coefficient (Wildman–Crippen LogP) is 2.28. The van der Waals surface area contributed by atoms with Crippen LogP contribution >= 0.6 is 0 Å². The molecular formula is C16H14FNO3. The summed E-state index contributed by atoms with van der Waals surface area (Å²) in [6.07, 6.45) is -0.730. The highest BCUT2D eigenvalue weighted by Gasteiger charge is 2.27. The molecule has 5 heteroatoms. The highest BCUT2D eigenvalue weighted by Crippen LogP contribution is 2.30. The molecule has 0 spiro atoms. The van der Waals surface area contributed by atoms with E-state index in [1.807, 2.05) is 12.1 Å². The number of ether oxygens (including phenoxy) is 2. The molecule has 1 heterocycles. The third kappa shape index (κ3) is 2.97. The van der Waals surface area contributed by atoms with Gasteiger partial charge >= 0.3 is 0 Å². The number of carbonyl (C=O) groups is 1. The summed E-state index contributed by atoms with van der Waals surface area (Å²) in [6, 6.07) is 13.5. The van der Waals surface area contributed by atoms with Crippen molar-refractivity contribution in [3.8, 4) is 11.5 Å². The number of benzene rings is 2. The Hall–Kier alpha value is -2.56. The second kappa shape index (κ2) is 5.83. The Labute approximate surface area is 121 Å². The lowest BCUT2D eigenvalue weighted by molar-refractivity contribution is -0.130. The summed E-state index contributed by atoms with van der Waals surface area (Å²) in [4.78, 5) is 12.1. The molecule has 21 heavy (non-hydrogen) atoms. The first kappa shape index (κ1) is 13.4. The third-order valence-electron chi connectivity index (χ3n) is 3.21. The second-order valence-electron chi connectivity index (χ2n) is 4.67. The summed E-state index contributed by atoms with van der Waals surface area (Å²) < 4.78 is 24.5. The number of hydrogen-bond donors (Lipinski definition) is 1. The smallest absolute Gasteiger partial charge is 0.264 e. The zero-order chi connectivity index (χ0) is 14.7. The minimum Gasteiger partial charge on any atom is -0.485 e. The van der Waals surface area contributed by atoms with Gasteiger partial charge in [-0.2, -0.15) is 0 Å². The van der Waals surface area contributed by atoms with Crippen LogP contribution in [0.3, 0.4) is 0 Å². The van der Waals surface area contributed by atoms with Crippen LogP contribution in [-0.4, -0.2) is 18.6 Å². The molecule has 0 fully saturated rings. The lowest BCUT2D eigenvalue weighted by atomic mass is 10.2. The maximum absolute atomic E-state index is 13.5. The van der Waals surface area contributed by atoms with Gasteiger partial charge in [-0.1, -0.05) is 30.3 Å². The Morgan fingerprint density at radius 1 is 1.14 bits per heavy atom. The van der Waals surface area contributed by atoms with Crippen molar-refractivity contribution in [1.29, 1.82) is 0 Å². The van der Waals surface area contributed by atoms with E-state index in [2.05, 4.69) is 5.32 Å². The first-order chi connectivity index (χ1) is 10.2. The number of carbonyl (C=O) groups excluding carboxylic acids is 1. The molecule has 0 aromatic heterocycles. The molecule has 4 nitrogen and oxygen atoms in total. The lowest BCUT2D eigenvalue weighted by Gasteiger charge is -2.25. The first-order valence-electron chi connectivity index (χ1n) is 6.63. The molecule has 0 saturated heterocycles. The predicted molar refractivity (Wildman–Crippen MR) is 74.6 cm³/mol. The van der Waals surface area contributed by atoms with E-state index in [1.54, 1.807) is 30.3 Å². The molecule has 1 aliphatic rings. The standard InChI is InChI=1S/C16H14FNO3/c17-12-6-2-1-5-11(12)9-18-16(19)15-10-20-13-7-3-4-8-14(13)21-15/h1-8,15H,9-10H2,(H,18,19)/t15-/m1/s1. The molecule has 2 aromatic carbocycles. The highest BCUT2D eigenvalue weighted by molar-refractivity contribution is 5.81. The van der Waals surface area contributed by atoms with E-state index < -0.39 is 6.10 Å². The molecule has 0 saturated carbocycles. The quantitative estimate of drug-likeness (QED) is 0.942. The summed E-state index contributed by atoms with van der Waals surface area (Å²) in [6.45, 7) is 0.257. The van der Waals surface area contributed by atoms with Crippen LogP contribution in [0.4, 0.5) is 4.39 Å².